The number of anilines is 2. The Morgan fingerprint density at radius 3 is 2.73 bits per heavy atom. The van der Waals surface area contributed by atoms with Gasteiger partial charge in [-0.1, -0.05) is 35.9 Å². The summed E-state index contributed by atoms with van der Waals surface area (Å²) in [6.45, 7) is 0.468. The summed E-state index contributed by atoms with van der Waals surface area (Å²) in [5, 5.41) is 3.50. The van der Waals surface area contributed by atoms with Gasteiger partial charge in [0.25, 0.3) is 0 Å². The lowest BCUT2D eigenvalue weighted by atomic mass is 10.0. The quantitative estimate of drug-likeness (QED) is 0.844. The van der Waals surface area contributed by atoms with Crippen LogP contribution in [0.25, 0.3) is 0 Å². The van der Waals surface area contributed by atoms with Crippen LogP contribution in [-0.2, 0) is 27.7 Å². The van der Waals surface area contributed by atoms with Gasteiger partial charge in [-0.2, -0.15) is 0 Å². The van der Waals surface area contributed by atoms with E-state index in [2.05, 4.69) is 5.32 Å². The maximum absolute atomic E-state index is 12.3. The maximum atomic E-state index is 12.3. The van der Waals surface area contributed by atoms with Crippen molar-refractivity contribution in [1.29, 1.82) is 0 Å². The van der Waals surface area contributed by atoms with Crippen LogP contribution in [0.1, 0.15) is 24.0 Å². The third kappa shape index (κ3) is 4.37. The molecule has 0 spiro atoms. The lowest BCUT2D eigenvalue weighted by Crippen LogP contribution is -2.34. The number of aryl methyl sites for hydroxylation is 2. The number of nitrogens with one attached hydrogen (secondary N) is 1. The van der Waals surface area contributed by atoms with Crippen molar-refractivity contribution in [1.82, 2.24) is 0 Å². The molecule has 0 aromatic heterocycles. The van der Waals surface area contributed by atoms with Gasteiger partial charge in [0.1, 0.15) is 0 Å². The van der Waals surface area contributed by atoms with Gasteiger partial charge in [0.2, 0.25) is 15.9 Å². The molecule has 1 heterocycles. The Labute approximate surface area is 159 Å². The smallest absolute Gasteiger partial charge is 0.232 e. The molecule has 0 bridgehead atoms. The molecule has 2 aromatic rings. The first-order valence-electron chi connectivity index (χ1n) is 8.48. The molecule has 0 atom stereocenters. The van der Waals surface area contributed by atoms with Crippen LogP contribution in [0.2, 0.25) is 5.02 Å². The van der Waals surface area contributed by atoms with E-state index < -0.39 is 10.0 Å². The predicted molar refractivity (Wildman–Crippen MR) is 105 cm³/mol. The monoisotopic (exact) mass is 392 g/mol. The molecule has 138 valence electrons. The van der Waals surface area contributed by atoms with Crippen molar-refractivity contribution < 1.29 is 13.2 Å². The summed E-state index contributed by atoms with van der Waals surface area (Å²) in [5.74, 6) is -0.133. The molecule has 0 saturated carbocycles. The van der Waals surface area contributed by atoms with E-state index in [0.29, 0.717) is 35.8 Å². The number of hydrogen-bond donors (Lipinski definition) is 1. The second-order valence-electron chi connectivity index (χ2n) is 6.42. The van der Waals surface area contributed by atoms with Crippen LogP contribution in [0.3, 0.4) is 0 Å². The predicted octanol–water partition coefficient (Wildman–Crippen LogP) is 3.62. The topological polar surface area (TPSA) is 66.5 Å². The first-order valence-corrected chi connectivity index (χ1v) is 10.7. The summed E-state index contributed by atoms with van der Waals surface area (Å²) in [6, 6.07) is 12.9. The molecule has 0 radical (unpaired) electrons. The minimum atomic E-state index is -3.33. The van der Waals surface area contributed by atoms with Crippen LogP contribution in [-0.4, -0.2) is 27.1 Å². The van der Waals surface area contributed by atoms with Crippen molar-refractivity contribution in [2.24, 2.45) is 0 Å². The highest BCUT2D eigenvalue weighted by Crippen LogP contribution is 2.31. The summed E-state index contributed by atoms with van der Waals surface area (Å²) in [7, 11) is -3.33. The fraction of sp³-hybridized carbons (Fsp3) is 0.316. The van der Waals surface area contributed by atoms with E-state index in [1.807, 2.05) is 30.3 Å². The van der Waals surface area contributed by atoms with E-state index >= 15 is 0 Å². The third-order valence-corrected chi connectivity index (χ3v) is 5.97. The lowest BCUT2D eigenvalue weighted by Gasteiger charge is -2.29. The van der Waals surface area contributed by atoms with E-state index in [-0.39, 0.29) is 5.91 Å². The molecule has 2 aromatic carbocycles. The molecular formula is C19H21ClN2O3S. The number of sulfonamides is 1. The molecule has 1 N–H and O–H groups in total. The minimum Gasteiger partial charge on any atom is -0.326 e. The average Bonchev–Trinajstić information content (AvgIpc) is 2.59. The molecule has 3 rings (SSSR count). The highest BCUT2D eigenvalue weighted by Gasteiger charge is 2.24. The third-order valence-electron chi connectivity index (χ3n) is 4.42. The maximum Gasteiger partial charge on any atom is 0.232 e. The number of hydrogen-bond acceptors (Lipinski definition) is 3. The summed E-state index contributed by atoms with van der Waals surface area (Å²) in [4.78, 5) is 12.3. The fourth-order valence-corrected chi connectivity index (χ4v) is 4.35. The number of nitrogens with zero attached hydrogens (tertiary/aromatic N) is 1. The van der Waals surface area contributed by atoms with Crippen LogP contribution in [0.4, 0.5) is 11.4 Å². The van der Waals surface area contributed by atoms with Crippen LogP contribution in [0, 0.1) is 0 Å². The van der Waals surface area contributed by atoms with Crippen molar-refractivity contribution in [3.63, 3.8) is 0 Å². The van der Waals surface area contributed by atoms with E-state index in [1.54, 1.807) is 12.1 Å². The minimum absolute atomic E-state index is 0.133. The molecule has 0 aliphatic carbocycles. The number of carbonyl (C=O) groups excluding carboxylic acids is 1. The Kier molecular flexibility index (Phi) is 5.53. The zero-order valence-electron chi connectivity index (χ0n) is 14.5. The van der Waals surface area contributed by atoms with E-state index in [4.69, 9.17) is 11.6 Å². The Morgan fingerprint density at radius 1 is 1.23 bits per heavy atom. The van der Waals surface area contributed by atoms with Gasteiger partial charge in [0, 0.05) is 23.7 Å². The van der Waals surface area contributed by atoms with Crippen molar-refractivity contribution in [3.8, 4) is 0 Å². The van der Waals surface area contributed by atoms with Gasteiger partial charge in [-0.15, -0.1) is 0 Å². The number of carbonyl (C=O) groups is 1. The SMILES string of the molecule is CS(=O)(=O)N1CCCc2ccc(NC(=O)CCc3ccccc3Cl)cc21. The van der Waals surface area contributed by atoms with Crippen LogP contribution < -0.4 is 9.62 Å². The normalized spacial score (nSPS) is 14.0. The number of halogens is 1. The average molecular weight is 393 g/mol. The van der Waals surface area contributed by atoms with Crippen molar-refractivity contribution >= 4 is 38.9 Å². The molecule has 0 fully saturated rings. The van der Waals surface area contributed by atoms with Gasteiger partial charge in [0.15, 0.2) is 0 Å². The molecule has 5 nitrogen and oxygen atoms in total. The number of amides is 1. The summed E-state index contributed by atoms with van der Waals surface area (Å²) >= 11 is 6.11. The second-order valence-corrected chi connectivity index (χ2v) is 8.74. The second kappa shape index (κ2) is 7.68. The first-order chi connectivity index (χ1) is 12.3. The number of rotatable bonds is 5. The Bertz CT molecular complexity index is 928. The largest absolute Gasteiger partial charge is 0.326 e. The summed E-state index contributed by atoms with van der Waals surface area (Å²) in [6.07, 6.45) is 3.69. The molecule has 26 heavy (non-hydrogen) atoms. The van der Waals surface area contributed by atoms with Crippen molar-refractivity contribution in [2.45, 2.75) is 25.7 Å². The molecular weight excluding hydrogens is 372 g/mol. The molecule has 1 aliphatic heterocycles. The Balaban J connectivity index is 1.70. The van der Waals surface area contributed by atoms with E-state index in [0.717, 1.165) is 24.0 Å². The number of benzene rings is 2. The van der Waals surface area contributed by atoms with Gasteiger partial charge >= 0.3 is 0 Å². The first kappa shape index (κ1) is 18.7. The highest BCUT2D eigenvalue weighted by atomic mass is 35.5. The zero-order valence-corrected chi connectivity index (χ0v) is 16.1. The van der Waals surface area contributed by atoms with Crippen LogP contribution >= 0.6 is 11.6 Å². The molecule has 0 unspecified atom stereocenters. The van der Waals surface area contributed by atoms with Gasteiger partial charge < -0.3 is 5.32 Å². The summed E-state index contributed by atoms with van der Waals surface area (Å²) in [5.41, 5.74) is 3.17. The number of fused-ring (bicyclic) bond motifs is 1. The summed E-state index contributed by atoms with van der Waals surface area (Å²) < 4.78 is 25.4. The zero-order chi connectivity index (χ0) is 18.7. The standard InChI is InChI=1S/C19H21ClN2O3S/c1-26(24,25)22-12-4-6-15-8-10-16(13-18(15)22)21-19(23)11-9-14-5-2-3-7-17(14)20/h2-3,5,7-8,10,13H,4,6,9,11-12H2,1H3,(H,21,23). The molecule has 1 amide bonds. The Morgan fingerprint density at radius 2 is 2.00 bits per heavy atom. The molecule has 7 heteroatoms. The van der Waals surface area contributed by atoms with E-state index in [1.165, 1.54) is 10.6 Å². The van der Waals surface area contributed by atoms with Crippen molar-refractivity contribution in [3.05, 3.63) is 58.6 Å². The van der Waals surface area contributed by atoms with Gasteiger partial charge in [-0.3, -0.25) is 9.10 Å². The van der Waals surface area contributed by atoms with Gasteiger partial charge in [-0.05, 0) is 48.6 Å². The van der Waals surface area contributed by atoms with Gasteiger partial charge in [0.05, 0.1) is 11.9 Å². The van der Waals surface area contributed by atoms with Crippen molar-refractivity contribution in [2.75, 3.05) is 22.4 Å². The fourth-order valence-electron chi connectivity index (χ4n) is 3.14. The van der Waals surface area contributed by atoms with Crippen LogP contribution in [0.15, 0.2) is 42.5 Å². The highest BCUT2D eigenvalue weighted by molar-refractivity contribution is 7.92. The lowest BCUT2D eigenvalue weighted by molar-refractivity contribution is -0.116. The molecule has 0 saturated heterocycles. The Hall–Kier alpha value is -2.05. The molecule has 1 aliphatic rings. The van der Waals surface area contributed by atoms with Crippen LogP contribution in [0.5, 0.6) is 0 Å². The van der Waals surface area contributed by atoms with Gasteiger partial charge in [-0.25, -0.2) is 8.42 Å². The van der Waals surface area contributed by atoms with E-state index in [9.17, 15) is 13.2 Å².